The van der Waals surface area contributed by atoms with Gasteiger partial charge in [0.2, 0.25) is 0 Å². The maximum atomic E-state index is 12.1. The van der Waals surface area contributed by atoms with Crippen LogP contribution in [0.3, 0.4) is 0 Å². The summed E-state index contributed by atoms with van der Waals surface area (Å²) in [6.07, 6.45) is 1.21. The van der Waals surface area contributed by atoms with Gasteiger partial charge in [-0.25, -0.2) is 8.42 Å². The van der Waals surface area contributed by atoms with Gasteiger partial charge in [0.15, 0.2) is 9.84 Å². The van der Waals surface area contributed by atoms with Gasteiger partial charge in [-0.15, -0.1) is 0 Å². The number of methoxy groups -OCH3 is 2. The number of ether oxygens (including phenoxy) is 2. The van der Waals surface area contributed by atoms with Crippen molar-refractivity contribution in [3.63, 3.8) is 0 Å². The molecule has 0 heterocycles. The Morgan fingerprint density at radius 1 is 1.33 bits per heavy atom. The molecular formula is C14H19NO4S2. The summed E-state index contributed by atoms with van der Waals surface area (Å²) in [5.74, 6) is 0.429. The minimum absolute atomic E-state index is 0.181. The summed E-state index contributed by atoms with van der Waals surface area (Å²) in [4.78, 5) is 0.181. The van der Waals surface area contributed by atoms with Crippen LogP contribution in [-0.4, -0.2) is 45.7 Å². The lowest BCUT2D eigenvalue weighted by atomic mass is 10.00. The highest BCUT2D eigenvalue weighted by atomic mass is 32.2. The highest BCUT2D eigenvalue weighted by molar-refractivity contribution is 7.92. The molecule has 1 fully saturated rings. The molecule has 1 aromatic rings. The molecule has 1 aromatic carbocycles. The van der Waals surface area contributed by atoms with E-state index in [-0.39, 0.29) is 17.5 Å². The summed E-state index contributed by atoms with van der Waals surface area (Å²) in [5.41, 5.74) is 5.90. The molecule has 0 unspecified atom stereocenters. The van der Waals surface area contributed by atoms with Crippen molar-refractivity contribution >= 4 is 27.0 Å². The summed E-state index contributed by atoms with van der Waals surface area (Å²) in [5, 5.41) is -0.643. The van der Waals surface area contributed by atoms with Crippen LogP contribution in [0.1, 0.15) is 11.5 Å². The molecule has 0 aliphatic heterocycles. The maximum Gasteiger partial charge on any atom is 0.152 e. The van der Waals surface area contributed by atoms with E-state index in [1.165, 1.54) is 13.4 Å². The van der Waals surface area contributed by atoms with Gasteiger partial charge in [-0.2, -0.15) is 0 Å². The van der Waals surface area contributed by atoms with Crippen LogP contribution in [0.15, 0.2) is 24.3 Å². The molecule has 0 spiro atoms. The highest BCUT2D eigenvalue weighted by Gasteiger charge is 2.71. The Bertz CT molecular complexity index is 641. The van der Waals surface area contributed by atoms with Gasteiger partial charge >= 0.3 is 0 Å². The zero-order valence-corrected chi connectivity index (χ0v) is 13.8. The van der Waals surface area contributed by atoms with Gasteiger partial charge < -0.3 is 15.2 Å². The third-order valence-corrected chi connectivity index (χ3v) is 6.03. The van der Waals surface area contributed by atoms with Crippen LogP contribution >= 0.6 is 12.2 Å². The van der Waals surface area contributed by atoms with E-state index in [1.807, 2.05) is 12.1 Å². The van der Waals surface area contributed by atoms with Gasteiger partial charge in [-0.05, 0) is 17.7 Å². The summed E-state index contributed by atoms with van der Waals surface area (Å²) in [6.45, 7) is 0.191. The second-order valence-corrected chi connectivity index (χ2v) is 7.95. The molecule has 1 aliphatic carbocycles. The normalized spacial score (nSPS) is 28.1. The van der Waals surface area contributed by atoms with E-state index in [0.717, 1.165) is 5.56 Å². The van der Waals surface area contributed by atoms with Gasteiger partial charge in [0.25, 0.3) is 0 Å². The molecule has 1 aliphatic rings. The molecule has 0 aromatic heterocycles. The van der Waals surface area contributed by atoms with Crippen molar-refractivity contribution in [1.29, 1.82) is 0 Å². The summed E-state index contributed by atoms with van der Waals surface area (Å²) >= 11 is 5.14. The number of sulfone groups is 1. The lowest BCUT2D eigenvalue weighted by Gasteiger charge is -2.15. The van der Waals surface area contributed by atoms with Crippen LogP contribution in [0.4, 0.5) is 0 Å². The van der Waals surface area contributed by atoms with E-state index in [9.17, 15) is 8.42 Å². The van der Waals surface area contributed by atoms with Crippen molar-refractivity contribution in [2.24, 2.45) is 11.1 Å². The lowest BCUT2D eigenvalue weighted by molar-refractivity contribution is 0.166. The number of nitrogens with two attached hydrogens (primary N) is 1. The smallest absolute Gasteiger partial charge is 0.152 e. The number of thiocarbonyl (C=S) groups is 1. The number of hydrogen-bond acceptors (Lipinski definition) is 5. The molecule has 2 N–H and O–H groups in total. The van der Waals surface area contributed by atoms with E-state index in [1.54, 1.807) is 19.2 Å². The average molecular weight is 329 g/mol. The van der Waals surface area contributed by atoms with E-state index in [2.05, 4.69) is 0 Å². The van der Waals surface area contributed by atoms with Crippen molar-refractivity contribution in [2.45, 2.75) is 11.2 Å². The SMILES string of the molecule is COC[C@@]1(C(N)=S)[C@@H](c2ccc(OC)cc2)[C@@H]1S(C)(=O)=O. The minimum atomic E-state index is -3.30. The topological polar surface area (TPSA) is 78.6 Å². The molecular weight excluding hydrogens is 310 g/mol. The average Bonchev–Trinajstić information content (AvgIpc) is 3.10. The van der Waals surface area contributed by atoms with Crippen LogP contribution in [0, 0.1) is 5.41 Å². The second-order valence-electron chi connectivity index (χ2n) is 5.34. The standard InChI is InChI=1S/C14H19NO4S2/c1-18-8-14(13(15)20)11(12(14)21(3,16)17)9-4-6-10(19-2)7-5-9/h4-7,11-12H,8H2,1-3H3,(H2,15,20)/t11-,12-,14+/m0/s1. The first-order valence-electron chi connectivity index (χ1n) is 6.40. The molecule has 0 bridgehead atoms. The molecule has 2 rings (SSSR count). The van der Waals surface area contributed by atoms with E-state index in [0.29, 0.717) is 5.75 Å². The van der Waals surface area contributed by atoms with E-state index < -0.39 is 20.5 Å². The quantitative estimate of drug-likeness (QED) is 0.788. The molecule has 5 nitrogen and oxygen atoms in total. The molecule has 3 atom stereocenters. The fourth-order valence-corrected chi connectivity index (χ4v) is 5.40. The van der Waals surface area contributed by atoms with Crippen LogP contribution in [0.25, 0.3) is 0 Å². The summed E-state index contributed by atoms with van der Waals surface area (Å²) < 4.78 is 34.5. The molecule has 116 valence electrons. The third-order valence-electron chi connectivity index (χ3n) is 4.03. The Morgan fingerprint density at radius 2 is 1.90 bits per heavy atom. The summed E-state index contributed by atoms with van der Waals surface area (Å²) in [6, 6.07) is 7.28. The molecule has 21 heavy (non-hydrogen) atoms. The Balaban J connectivity index is 2.46. The second kappa shape index (κ2) is 5.55. The third kappa shape index (κ3) is 2.65. The van der Waals surface area contributed by atoms with E-state index >= 15 is 0 Å². The molecule has 0 radical (unpaired) electrons. The zero-order chi connectivity index (χ0) is 15.8. The van der Waals surface area contributed by atoms with Crippen LogP contribution in [0.2, 0.25) is 0 Å². The number of rotatable bonds is 6. The first-order chi connectivity index (χ1) is 9.79. The fourth-order valence-electron chi connectivity index (χ4n) is 3.09. The molecule has 0 saturated heterocycles. The van der Waals surface area contributed by atoms with Gasteiger partial charge in [-0.1, -0.05) is 24.4 Å². The van der Waals surface area contributed by atoms with Crippen LogP contribution in [-0.2, 0) is 14.6 Å². The monoisotopic (exact) mass is 329 g/mol. The minimum Gasteiger partial charge on any atom is -0.497 e. The van der Waals surface area contributed by atoms with Crippen molar-refractivity contribution in [1.82, 2.24) is 0 Å². The van der Waals surface area contributed by atoms with Gasteiger partial charge in [-0.3, -0.25) is 0 Å². The van der Waals surface area contributed by atoms with Crippen molar-refractivity contribution in [2.75, 3.05) is 27.1 Å². The Morgan fingerprint density at radius 3 is 2.29 bits per heavy atom. The Kier molecular flexibility index (Phi) is 4.28. The van der Waals surface area contributed by atoms with Gasteiger partial charge in [0.05, 0.1) is 29.4 Å². The first kappa shape index (κ1) is 16.2. The predicted molar refractivity (Wildman–Crippen MR) is 85.5 cm³/mol. The van der Waals surface area contributed by atoms with E-state index in [4.69, 9.17) is 27.4 Å². The summed E-state index contributed by atoms with van der Waals surface area (Å²) in [7, 11) is -0.201. The Hall–Kier alpha value is -1.18. The highest BCUT2D eigenvalue weighted by Crippen LogP contribution is 2.63. The molecule has 7 heteroatoms. The number of benzene rings is 1. The zero-order valence-electron chi connectivity index (χ0n) is 12.2. The predicted octanol–water partition coefficient (Wildman–Crippen LogP) is 1.12. The van der Waals surface area contributed by atoms with Gasteiger partial charge in [0.1, 0.15) is 5.75 Å². The van der Waals surface area contributed by atoms with Crippen molar-refractivity contribution in [3.05, 3.63) is 29.8 Å². The fraction of sp³-hybridized carbons (Fsp3) is 0.500. The molecule has 0 amide bonds. The first-order valence-corrected chi connectivity index (χ1v) is 8.77. The lowest BCUT2D eigenvalue weighted by Crippen LogP contribution is -2.32. The maximum absolute atomic E-state index is 12.1. The van der Waals surface area contributed by atoms with Crippen LogP contribution < -0.4 is 10.5 Å². The van der Waals surface area contributed by atoms with Crippen molar-refractivity contribution in [3.8, 4) is 5.75 Å². The Labute approximate surface area is 130 Å². The molecule has 1 saturated carbocycles. The van der Waals surface area contributed by atoms with Crippen molar-refractivity contribution < 1.29 is 17.9 Å². The van der Waals surface area contributed by atoms with Crippen LogP contribution in [0.5, 0.6) is 5.75 Å². The number of hydrogen-bond donors (Lipinski definition) is 1. The van der Waals surface area contributed by atoms with Gasteiger partial charge in [0, 0.05) is 19.3 Å². The largest absolute Gasteiger partial charge is 0.497 e.